The maximum Gasteiger partial charge on any atom is 0.125 e. The van der Waals surface area contributed by atoms with Crippen molar-refractivity contribution in [1.29, 1.82) is 0 Å². The minimum atomic E-state index is -0.247. The second-order valence-corrected chi connectivity index (χ2v) is 4.89. The molecule has 1 aliphatic rings. The topological polar surface area (TPSA) is 30.3 Å². The number of ether oxygens (including phenoxy) is 1. The minimum Gasteiger partial charge on any atom is -0.369 e. The molecule has 5 heteroatoms. The third kappa shape index (κ3) is 1.89. The third-order valence-electron chi connectivity index (χ3n) is 3.20. The second-order valence-electron chi connectivity index (χ2n) is 4.89. The van der Waals surface area contributed by atoms with Crippen molar-refractivity contribution in [2.45, 2.75) is 12.6 Å². The van der Waals surface area contributed by atoms with Gasteiger partial charge in [0.1, 0.15) is 11.9 Å². The number of hydrogen-bond donors (Lipinski definition) is 0. The van der Waals surface area contributed by atoms with Gasteiger partial charge in [0, 0.05) is 18.0 Å². The Kier molecular flexibility index (Phi) is 2.80. The Labute approximate surface area is 105 Å². The summed E-state index contributed by atoms with van der Waals surface area (Å²) in [6.07, 6.45) is 0.00390. The van der Waals surface area contributed by atoms with Crippen LogP contribution in [-0.2, 0) is 11.3 Å². The fourth-order valence-electron chi connectivity index (χ4n) is 2.47. The van der Waals surface area contributed by atoms with Gasteiger partial charge in [0.25, 0.3) is 0 Å². The van der Waals surface area contributed by atoms with Crippen LogP contribution in [0.15, 0.2) is 18.2 Å². The van der Waals surface area contributed by atoms with Gasteiger partial charge in [-0.2, -0.15) is 5.10 Å². The lowest BCUT2D eigenvalue weighted by atomic mass is 10.1. The predicted molar refractivity (Wildman–Crippen MR) is 66.9 cm³/mol. The molecule has 0 spiro atoms. The molecule has 96 valence electrons. The van der Waals surface area contributed by atoms with E-state index in [-0.39, 0.29) is 11.9 Å². The largest absolute Gasteiger partial charge is 0.369 e. The number of benzene rings is 1. The first kappa shape index (κ1) is 11.6. The molecular weight excluding hydrogens is 233 g/mol. The van der Waals surface area contributed by atoms with Crippen LogP contribution in [-0.4, -0.2) is 41.9 Å². The van der Waals surface area contributed by atoms with Crippen LogP contribution in [0.1, 0.15) is 11.8 Å². The highest BCUT2D eigenvalue weighted by Crippen LogP contribution is 2.30. The smallest absolute Gasteiger partial charge is 0.125 e. The molecule has 1 aliphatic heterocycles. The Morgan fingerprint density at radius 2 is 2.33 bits per heavy atom. The van der Waals surface area contributed by atoms with Gasteiger partial charge in [0.15, 0.2) is 0 Å². The van der Waals surface area contributed by atoms with Crippen LogP contribution in [0.2, 0.25) is 0 Å². The molecule has 0 bridgehead atoms. The van der Waals surface area contributed by atoms with Crippen LogP contribution in [0, 0.1) is 5.82 Å². The van der Waals surface area contributed by atoms with Gasteiger partial charge >= 0.3 is 0 Å². The zero-order valence-corrected chi connectivity index (χ0v) is 10.6. The molecule has 0 saturated heterocycles. The van der Waals surface area contributed by atoms with Crippen LogP contribution >= 0.6 is 0 Å². The molecule has 1 atom stereocenters. The summed E-state index contributed by atoms with van der Waals surface area (Å²) in [5.41, 5.74) is 1.77. The van der Waals surface area contributed by atoms with Crippen molar-refractivity contribution >= 4 is 10.9 Å². The monoisotopic (exact) mass is 249 g/mol. The van der Waals surface area contributed by atoms with E-state index in [1.165, 1.54) is 12.1 Å². The zero-order valence-electron chi connectivity index (χ0n) is 10.6. The van der Waals surface area contributed by atoms with Crippen molar-refractivity contribution in [3.8, 4) is 0 Å². The van der Waals surface area contributed by atoms with Crippen molar-refractivity contribution in [2.24, 2.45) is 0 Å². The van der Waals surface area contributed by atoms with Gasteiger partial charge in [-0.25, -0.2) is 4.39 Å². The molecule has 0 aliphatic carbocycles. The summed E-state index contributed by atoms with van der Waals surface area (Å²) in [4.78, 5) is 2.09. The van der Waals surface area contributed by atoms with Crippen LogP contribution in [0.25, 0.3) is 10.9 Å². The second kappa shape index (κ2) is 4.33. The van der Waals surface area contributed by atoms with Crippen molar-refractivity contribution < 1.29 is 9.13 Å². The lowest BCUT2D eigenvalue weighted by molar-refractivity contribution is 0.00345. The minimum absolute atomic E-state index is 0.00390. The van der Waals surface area contributed by atoms with Gasteiger partial charge in [-0.3, -0.25) is 4.68 Å². The van der Waals surface area contributed by atoms with Crippen molar-refractivity contribution in [1.82, 2.24) is 14.7 Å². The fraction of sp³-hybridized carbons (Fsp3) is 0.462. The van der Waals surface area contributed by atoms with E-state index in [4.69, 9.17) is 4.74 Å². The Hall–Kier alpha value is -1.46. The molecule has 1 unspecified atom stereocenters. The first-order valence-electron chi connectivity index (χ1n) is 6.07. The maximum atomic E-state index is 13.2. The van der Waals surface area contributed by atoms with E-state index in [1.54, 1.807) is 6.07 Å². The van der Waals surface area contributed by atoms with Gasteiger partial charge < -0.3 is 9.64 Å². The molecule has 18 heavy (non-hydrogen) atoms. The highest BCUT2D eigenvalue weighted by atomic mass is 19.1. The van der Waals surface area contributed by atoms with Gasteiger partial charge in [0.05, 0.1) is 24.4 Å². The van der Waals surface area contributed by atoms with E-state index >= 15 is 0 Å². The predicted octanol–water partition coefficient (Wildman–Crippen LogP) is 1.81. The molecule has 0 amide bonds. The molecule has 3 rings (SSSR count). The number of halogens is 1. The number of rotatable bonds is 2. The van der Waals surface area contributed by atoms with E-state index in [1.807, 2.05) is 18.8 Å². The maximum absolute atomic E-state index is 13.2. The Bertz CT molecular complexity index is 579. The number of aromatic nitrogens is 2. The molecule has 2 aromatic rings. The standard InChI is InChI=1S/C13H16FN3O/c1-16(2)8-12-13-10-4-3-9(14)7-11(10)15-17(13)5-6-18-12/h3-4,7,12H,5-6,8H2,1-2H3. The van der Waals surface area contributed by atoms with Crippen molar-refractivity contribution in [3.05, 3.63) is 29.7 Å². The third-order valence-corrected chi connectivity index (χ3v) is 3.20. The highest BCUT2D eigenvalue weighted by Gasteiger charge is 2.25. The van der Waals surface area contributed by atoms with Crippen molar-refractivity contribution in [2.75, 3.05) is 27.2 Å². The molecular formula is C13H16FN3O. The van der Waals surface area contributed by atoms with Crippen LogP contribution in [0.3, 0.4) is 0 Å². The highest BCUT2D eigenvalue weighted by molar-refractivity contribution is 5.82. The summed E-state index contributed by atoms with van der Waals surface area (Å²) < 4.78 is 21.0. The number of nitrogens with zero attached hydrogens (tertiary/aromatic N) is 3. The normalized spacial score (nSPS) is 19.4. The average molecular weight is 249 g/mol. The SMILES string of the molecule is CN(C)CC1OCCn2nc3cc(F)ccc3c21. The Morgan fingerprint density at radius 1 is 1.50 bits per heavy atom. The quantitative estimate of drug-likeness (QED) is 0.813. The first-order chi connectivity index (χ1) is 8.65. The number of likely N-dealkylation sites (N-methyl/N-ethyl adjacent to an activating group) is 1. The van der Waals surface area contributed by atoms with E-state index in [0.717, 1.165) is 24.2 Å². The van der Waals surface area contributed by atoms with E-state index in [0.29, 0.717) is 12.1 Å². The zero-order chi connectivity index (χ0) is 12.7. The molecule has 0 N–H and O–H groups in total. The van der Waals surface area contributed by atoms with Crippen LogP contribution in [0.4, 0.5) is 4.39 Å². The fourth-order valence-corrected chi connectivity index (χ4v) is 2.47. The molecule has 0 radical (unpaired) electrons. The van der Waals surface area contributed by atoms with Crippen LogP contribution in [0.5, 0.6) is 0 Å². The molecule has 1 aromatic carbocycles. The molecule has 0 saturated carbocycles. The summed E-state index contributed by atoms with van der Waals surface area (Å²) >= 11 is 0. The molecule has 1 aromatic heterocycles. The molecule has 4 nitrogen and oxygen atoms in total. The lowest BCUT2D eigenvalue weighted by Crippen LogP contribution is -2.29. The summed E-state index contributed by atoms with van der Waals surface area (Å²) in [6.45, 7) is 2.19. The van der Waals surface area contributed by atoms with Gasteiger partial charge in [-0.15, -0.1) is 0 Å². The van der Waals surface area contributed by atoms with Crippen molar-refractivity contribution in [3.63, 3.8) is 0 Å². The van der Waals surface area contributed by atoms with E-state index in [9.17, 15) is 4.39 Å². The van der Waals surface area contributed by atoms with E-state index < -0.39 is 0 Å². The lowest BCUT2D eigenvalue weighted by Gasteiger charge is -2.27. The summed E-state index contributed by atoms with van der Waals surface area (Å²) in [5.74, 6) is -0.247. The molecule has 2 heterocycles. The van der Waals surface area contributed by atoms with E-state index in [2.05, 4.69) is 10.00 Å². The number of fused-ring (bicyclic) bond motifs is 3. The Balaban J connectivity index is 2.12. The van der Waals surface area contributed by atoms with Gasteiger partial charge in [-0.05, 0) is 26.2 Å². The summed E-state index contributed by atoms with van der Waals surface area (Å²) in [6, 6.07) is 4.75. The van der Waals surface area contributed by atoms with Gasteiger partial charge in [0.2, 0.25) is 0 Å². The summed E-state index contributed by atoms with van der Waals surface area (Å²) in [5, 5.41) is 5.44. The summed E-state index contributed by atoms with van der Waals surface area (Å²) in [7, 11) is 4.03. The first-order valence-corrected chi connectivity index (χ1v) is 6.07. The van der Waals surface area contributed by atoms with Gasteiger partial charge in [-0.1, -0.05) is 0 Å². The van der Waals surface area contributed by atoms with Crippen LogP contribution < -0.4 is 0 Å². The number of hydrogen-bond acceptors (Lipinski definition) is 3. The average Bonchev–Trinajstić information content (AvgIpc) is 2.66. The molecule has 0 fully saturated rings. The Morgan fingerprint density at radius 3 is 3.11 bits per heavy atom.